The highest BCUT2D eigenvalue weighted by Gasteiger charge is 2.09. The van der Waals surface area contributed by atoms with Crippen LogP contribution in [-0.2, 0) is 6.42 Å². The van der Waals surface area contributed by atoms with E-state index in [1.807, 2.05) is 12.1 Å². The summed E-state index contributed by atoms with van der Waals surface area (Å²) in [4.78, 5) is 11.7. The maximum Gasteiger partial charge on any atom is 0.223 e. The fraction of sp³-hybridized carbons (Fsp3) is 0.100. The molecule has 0 saturated heterocycles. The number of anilines is 3. The minimum Gasteiger partial charge on any atom is -0.383 e. The molecule has 0 spiro atoms. The Balaban J connectivity index is 2.35. The van der Waals surface area contributed by atoms with Crippen molar-refractivity contribution in [2.75, 3.05) is 17.2 Å². The van der Waals surface area contributed by atoms with E-state index in [1.165, 1.54) is 0 Å². The number of nitrogen functional groups attached to an aromatic ring is 3. The van der Waals surface area contributed by atoms with Gasteiger partial charge in [0.15, 0.2) is 0 Å². The quantitative estimate of drug-likeness (QED) is 0.660. The van der Waals surface area contributed by atoms with Crippen LogP contribution in [0.1, 0.15) is 11.1 Å². The smallest absolute Gasteiger partial charge is 0.223 e. The molecule has 0 aliphatic heterocycles. The average Bonchev–Trinajstić information content (AvgIpc) is 2.25. The first-order valence-corrected chi connectivity index (χ1v) is 4.73. The third-order valence-electron chi connectivity index (χ3n) is 2.22. The highest BCUT2D eigenvalue weighted by Crippen LogP contribution is 2.20. The molecule has 0 unspecified atom stereocenters. The third-order valence-corrected chi connectivity index (χ3v) is 2.22. The standard InChI is InChI=1S/C10H12N6/c11-8-7(9(12)16-10(13)15-8)5-6-1-3-14-4-2-6/h1-4H,5H2,(H6,11,12,13,15,16). The second-order valence-electron chi connectivity index (χ2n) is 3.36. The van der Waals surface area contributed by atoms with E-state index in [2.05, 4.69) is 15.0 Å². The lowest BCUT2D eigenvalue weighted by Gasteiger charge is -2.08. The van der Waals surface area contributed by atoms with Crippen molar-refractivity contribution in [1.29, 1.82) is 0 Å². The SMILES string of the molecule is Nc1nc(N)c(Cc2ccncc2)c(N)n1. The molecule has 0 aliphatic carbocycles. The number of nitrogens with two attached hydrogens (primary N) is 3. The second-order valence-corrected chi connectivity index (χ2v) is 3.36. The van der Waals surface area contributed by atoms with Gasteiger partial charge in [0.1, 0.15) is 11.6 Å². The van der Waals surface area contributed by atoms with Gasteiger partial charge >= 0.3 is 0 Å². The summed E-state index contributed by atoms with van der Waals surface area (Å²) in [6.07, 6.45) is 3.99. The van der Waals surface area contributed by atoms with Crippen molar-refractivity contribution in [2.45, 2.75) is 6.42 Å². The van der Waals surface area contributed by atoms with Crippen LogP contribution < -0.4 is 17.2 Å². The topological polar surface area (TPSA) is 117 Å². The normalized spacial score (nSPS) is 10.2. The Morgan fingerprint density at radius 3 is 2.06 bits per heavy atom. The maximum atomic E-state index is 5.74. The first kappa shape index (κ1) is 10.2. The fourth-order valence-electron chi connectivity index (χ4n) is 1.42. The summed E-state index contributed by atoms with van der Waals surface area (Å²) in [5, 5.41) is 0. The minimum absolute atomic E-state index is 0.0912. The molecule has 0 aromatic carbocycles. The molecule has 0 aliphatic rings. The number of hydrogen-bond donors (Lipinski definition) is 3. The molecule has 6 nitrogen and oxygen atoms in total. The monoisotopic (exact) mass is 216 g/mol. The summed E-state index contributed by atoms with van der Waals surface area (Å²) in [5.74, 6) is 0.733. The summed E-state index contributed by atoms with van der Waals surface area (Å²) in [6.45, 7) is 0. The van der Waals surface area contributed by atoms with Gasteiger partial charge in [-0.1, -0.05) is 0 Å². The van der Waals surface area contributed by atoms with Gasteiger partial charge < -0.3 is 17.2 Å². The van der Waals surface area contributed by atoms with Crippen molar-refractivity contribution in [3.8, 4) is 0 Å². The van der Waals surface area contributed by atoms with Crippen LogP contribution >= 0.6 is 0 Å². The summed E-state index contributed by atoms with van der Waals surface area (Å²) < 4.78 is 0. The number of rotatable bonds is 2. The minimum atomic E-state index is 0.0912. The Hall–Kier alpha value is -2.37. The molecule has 82 valence electrons. The van der Waals surface area contributed by atoms with Crippen molar-refractivity contribution >= 4 is 17.6 Å². The molecule has 6 N–H and O–H groups in total. The van der Waals surface area contributed by atoms with Gasteiger partial charge in [0.25, 0.3) is 0 Å². The van der Waals surface area contributed by atoms with E-state index in [4.69, 9.17) is 17.2 Å². The van der Waals surface area contributed by atoms with Crippen molar-refractivity contribution in [1.82, 2.24) is 15.0 Å². The molecule has 0 atom stereocenters. The highest BCUT2D eigenvalue weighted by atomic mass is 15.1. The van der Waals surface area contributed by atoms with Gasteiger partial charge in [-0.3, -0.25) is 4.98 Å². The molecule has 0 fully saturated rings. The third kappa shape index (κ3) is 2.00. The number of aromatic nitrogens is 3. The molecule has 2 rings (SSSR count). The van der Waals surface area contributed by atoms with Gasteiger partial charge in [-0.25, -0.2) is 0 Å². The highest BCUT2D eigenvalue weighted by molar-refractivity contribution is 5.57. The van der Waals surface area contributed by atoms with Gasteiger partial charge in [-0.05, 0) is 17.7 Å². The van der Waals surface area contributed by atoms with Crippen LogP contribution in [0.4, 0.5) is 17.6 Å². The van der Waals surface area contributed by atoms with Gasteiger partial charge in [0, 0.05) is 24.4 Å². The van der Waals surface area contributed by atoms with Crippen molar-refractivity contribution < 1.29 is 0 Å². The Bertz CT molecular complexity index is 473. The maximum absolute atomic E-state index is 5.74. The van der Waals surface area contributed by atoms with Crippen LogP contribution in [0.15, 0.2) is 24.5 Å². The van der Waals surface area contributed by atoms with E-state index in [-0.39, 0.29) is 5.95 Å². The lowest BCUT2D eigenvalue weighted by atomic mass is 10.1. The zero-order valence-electron chi connectivity index (χ0n) is 8.59. The van der Waals surface area contributed by atoms with Crippen molar-refractivity contribution in [3.63, 3.8) is 0 Å². The predicted molar refractivity (Wildman–Crippen MR) is 62.3 cm³/mol. The molecular formula is C10H12N6. The second kappa shape index (κ2) is 4.01. The van der Waals surface area contributed by atoms with Crippen LogP contribution in [0.2, 0.25) is 0 Å². The van der Waals surface area contributed by atoms with Crippen LogP contribution in [0.5, 0.6) is 0 Å². The van der Waals surface area contributed by atoms with E-state index in [1.54, 1.807) is 12.4 Å². The average molecular weight is 216 g/mol. The van der Waals surface area contributed by atoms with E-state index < -0.39 is 0 Å². The summed E-state index contributed by atoms with van der Waals surface area (Å²) in [5.41, 5.74) is 18.7. The van der Waals surface area contributed by atoms with E-state index >= 15 is 0 Å². The summed E-state index contributed by atoms with van der Waals surface area (Å²) >= 11 is 0. The molecular weight excluding hydrogens is 204 g/mol. The Morgan fingerprint density at radius 1 is 0.938 bits per heavy atom. The van der Waals surface area contributed by atoms with Crippen LogP contribution in [-0.4, -0.2) is 15.0 Å². The van der Waals surface area contributed by atoms with Gasteiger partial charge in [-0.15, -0.1) is 0 Å². The number of nitrogens with zero attached hydrogens (tertiary/aromatic N) is 3. The first-order valence-electron chi connectivity index (χ1n) is 4.73. The largest absolute Gasteiger partial charge is 0.383 e. The van der Waals surface area contributed by atoms with Gasteiger partial charge in [0.2, 0.25) is 5.95 Å². The van der Waals surface area contributed by atoms with E-state index in [0.29, 0.717) is 23.6 Å². The lowest BCUT2D eigenvalue weighted by molar-refractivity contribution is 1.09. The van der Waals surface area contributed by atoms with E-state index in [9.17, 15) is 0 Å². The van der Waals surface area contributed by atoms with Gasteiger partial charge in [0.05, 0.1) is 0 Å². The fourth-order valence-corrected chi connectivity index (χ4v) is 1.42. The molecule has 6 heteroatoms. The predicted octanol–water partition coefficient (Wildman–Crippen LogP) is 0.209. The lowest BCUT2D eigenvalue weighted by Crippen LogP contribution is -2.09. The molecule has 0 bridgehead atoms. The first-order chi connectivity index (χ1) is 7.66. The van der Waals surface area contributed by atoms with Gasteiger partial charge in [-0.2, -0.15) is 9.97 Å². The molecule has 16 heavy (non-hydrogen) atoms. The summed E-state index contributed by atoms with van der Waals surface area (Å²) in [6, 6.07) is 3.77. The van der Waals surface area contributed by atoms with E-state index in [0.717, 1.165) is 5.56 Å². The van der Waals surface area contributed by atoms with Crippen molar-refractivity contribution in [2.24, 2.45) is 0 Å². The van der Waals surface area contributed by atoms with Crippen LogP contribution in [0.3, 0.4) is 0 Å². The van der Waals surface area contributed by atoms with Crippen LogP contribution in [0, 0.1) is 0 Å². The van der Waals surface area contributed by atoms with Crippen LogP contribution in [0.25, 0.3) is 0 Å². The molecule has 2 aromatic heterocycles. The molecule has 2 aromatic rings. The number of pyridine rings is 1. The number of hydrogen-bond acceptors (Lipinski definition) is 6. The zero-order chi connectivity index (χ0) is 11.5. The zero-order valence-corrected chi connectivity index (χ0v) is 8.59. The Labute approximate surface area is 92.5 Å². The summed E-state index contributed by atoms with van der Waals surface area (Å²) in [7, 11) is 0. The Morgan fingerprint density at radius 2 is 1.50 bits per heavy atom. The molecule has 0 saturated carbocycles. The van der Waals surface area contributed by atoms with Crippen molar-refractivity contribution in [3.05, 3.63) is 35.7 Å². The Kier molecular flexibility index (Phi) is 2.55. The molecule has 2 heterocycles. The molecule has 0 radical (unpaired) electrons. The molecule has 0 amide bonds.